The zero-order chi connectivity index (χ0) is 15.8. The molecular weight excluding hydrogens is 277 g/mol. The van der Waals surface area contributed by atoms with Crippen LogP contribution in [0.25, 0.3) is 0 Å². The van der Waals surface area contributed by atoms with Crippen LogP contribution in [0.4, 0.5) is 4.39 Å². The number of nitrogens with two attached hydrogens (primary N) is 1. The number of hydrogen-bond acceptors (Lipinski definition) is 2. The molecule has 1 atom stereocenters. The van der Waals surface area contributed by atoms with Crippen LogP contribution in [0.15, 0.2) is 48.5 Å². The molecule has 118 valence electrons. The number of benzene rings is 2. The number of hydrogen-bond donors (Lipinski definition) is 1. The topological polar surface area (TPSA) is 35.2 Å². The van der Waals surface area contributed by atoms with Crippen LogP contribution in [0.3, 0.4) is 0 Å². The van der Waals surface area contributed by atoms with E-state index in [4.69, 9.17) is 10.5 Å². The Morgan fingerprint density at radius 3 is 2.55 bits per heavy atom. The summed E-state index contributed by atoms with van der Waals surface area (Å²) in [5.74, 6) is 0.872. The molecule has 0 spiro atoms. The third-order valence-electron chi connectivity index (χ3n) is 3.90. The van der Waals surface area contributed by atoms with Crippen molar-refractivity contribution < 1.29 is 9.13 Å². The van der Waals surface area contributed by atoms with Gasteiger partial charge >= 0.3 is 0 Å². The first-order chi connectivity index (χ1) is 10.7. The van der Waals surface area contributed by atoms with Gasteiger partial charge in [0.05, 0.1) is 6.61 Å². The molecule has 0 aliphatic rings. The minimum Gasteiger partial charge on any atom is -0.494 e. The maximum atomic E-state index is 13.3. The lowest BCUT2D eigenvalue weighted by Crippen LogP contribution is -2.14. The van der Waals surface area contributed by atoms with E-state index in [-0.39, 0.29) is 11.7 Å². The summed E-state index contributed by atoms with van der Waals surface area (Å²) in [6.07, 6.45) is 2.83. The Balaban J connectivity index is 1.79. The van der Waals surface area contributed by atoms with Crippen LogP contribution >= 0.6 is 0 Å². The zero-order valence-electron chi connectivity index (χ0n) is 13.1. The maximum Gasteiger partial charge on any atom is 0.123 e. The minimum absolute atomic E-state index is 0.182. The predicted octanol–water partition coefficient (Wildman–Crippen LogP) is 4.29. The summed E-state index contributed by atoms with van der Waals surface area (Å²) in [5, 5.41) is 0. The first-order valence-electron chi connectivity index (χ1n) is 7.90. The molecule has 0 radical (unpaired) electrons. The number of ether oxygens (including phenoxy) is 1. The fourth-order valence-corrected chi connectivity index (χ4v) is 2.52. The van der Waals surface area contributed by atoms with Crippen LogP contribution in [0, 0.1) is 5.82 Å². The summed E-state index contributed by atoms with van der Waals surface area (Å²) < 4.78 is 19.0. The molecule has 0 aromatic heterocycles. The zero-order valence-corrected chi connectivity index (χ0v) is 13.1. The molecule has 3 heteroatoms. The van der Waals surface area contributed by atoms with Gasteiger partial charge in [-0.1, -0.05) is 31.2 Å². The summed E-state index contributed by atoms with van der Waals surface area (Å²) in [6.45, 7) is 3.31. The average Bonchev–Trinajstić information content (AvgIpc) is 2.55. The average molecular weight is 301 g/mol. The summed E-state index contributed by atoms with van der Waals surface area (Å²) >= 11 is 0. The number of rotatable bonds is 8. The standard InChI is InChI=1S/C19H24FNO/c1-2-15-8-10-19(11-9-15)22-12-4-6-17(14-21)16-5-3-7-18(20)13-16/h3,5,7-11,13,17H,2,4,6,12,14,21H2,1H3. The van der Waals surface area contributed by atoms with Gasteiger partial charge in [0, 0.05) is 0 Å². The van der Waals surface area contributed by atoms with E-state index in [1.165, 1.54) is 11.6 Å². The quantitative estimate of drug-likeness (QED) is 0.738. The summed E-state index contributed by atoms with van der Waals surface area (Å²) in [7, 11) is 0. The molecule has 1 unspecified atom stereocenters. The normalized spacial score (nSPS) is 12.1. The monoisotopic (exact) mass is 301 g/mol. The van der Waals surface area contributed by atoms with Crippen molar-refractivity contribution in [2.45, 2.75) is 32.1 Å². The maximum absolute atomic E-state index is 13.3. The molecular formula is C19H24FNO. The molecule has 2 N–H and O–H groups in total. The molecule has 0 heterocycles. The van der Waals surface area contributed by atoms with E-state index in [0.29, 0.717) is 13.2 Å². The van der Waals surface area contributed by atoms with Crippen molar-refractivity contribution in [3.05, 3.63) is 65.5 Å². The lowest BCUT2D eigenvalue weighted by molar-refractivity contribution is 0.301. The second-order valence-corrected chi connectivity index (χ2v) is 5.48. The molecule has 0 bridgehead atoms. The highest BCUT2D eigenvalue weighted by Crippen LogP contribution is 2.21. The van der Waals surface area contributed by atoms with E-state index in [1.807, 2.05) is 18.2 Å². The van der Waals surface area contributed by atoms with Crippen molar-refractivity contribution in [3.8, 4) is 5.75 Å². The van der Waals surface area contributed by atoms with Crippen molar-refractivity contribution in [1.82, 2.24) is 0 Å². The van der Waals surface area contributed by atoms with Gasteiger partial charge in [0.1, 0.15) is 11.6 Å². The Bertz CT molecular complexity index is 568. The minimum atomic E-state index is -0.205. The SMILES string of the molecule is CCc1ccc(OCCCC(CN)c2cccc(F)c2)cc1. The lowest BCUT2D eigenvalue weighted by Gasteiger charge is -2.15. The lowest BCUT2D eigenvalue weighted by atomic mass is 9.94. The Hall–Kier alpha value is -1.87. The Labute approximate surface area is 132 Å². The van der Waals surface area contributed by atoms with Gasteiger partial charge in [0.2, 0.25) is 0 Å². The van der Waals surface area contributed by atoms with Crippen LogP contribution < -0.4 is 10.5 Å². The Morgan fingerprint density at radius 2 is 1.91 bits per heavy atom. The fourth-order valence-electron chi connectivity index (χ4n) is 2.52. The molecule has 0 aliphatic carbocycles. The molecule has 2 aromatic carbocycles. The molecule has 0 aliphatic heterocycles. The Kier molecular flexibility index (Phi) is 6.41. The highest BCUT2D eigenvalue weighted by Gasteiger charge is 2.10. The first kappa shape index (κ1) is 16.5. The smallest absolute Gasteiger partial charge is 0.123 e. The molecule has 0 saturated heterocycles. The van der Waals surface area contributed by atoms with E-state index >= 15 is 0 Å². The fraction of sp³-hybridized carbons (Fsp3) is 0.368. The summed E-state index contributed by atoms with van der Waals surface area (Å²) in [4.78, 5) is 0. The molecule has 0 saturated carbocycles. The van der Waals surface area contributed by atoms with Crippen molar-refractivity contribution in [2.75, 3.05) is 13.2 Å². The Morgan fingerprint density at radius 1 is 1.14 bits per heavy atom. The van der Waals surface area contributed by atoms with Gasteiger partial charge in [-0.2, -0.15) is 0 Å². The van der Waals surface area contributed by atoms with Crippen LogP contribution in [-0.4, -0.2) is 13.2 Å². The van der Waals surface area contributed by atoms with Gasteiger partial charge in [0.25, 0.3) is 0 Å². The van der Waals surface area contributed by atoms with Crippen LogP contribution in [0.5, 0.6) is 5.75 Å². The summed E-state index contributed by atoms with van der Waals surface area (Å²) in [5.41, 5.74) is 8.09. The van der Waals surface area contributed by atoms with Gasteiger partial charge in [-0.05, 0) is 67.1 Å². The van der Waals surface area contributed by atoms with Crippen LogP contribution in [-0.2, 0) is 6.42 Å². The predicted molar refractivity (Wildman–Crippen MR) is 88.7 cm³/mol. The second-order valence-electron chi connectivity index (χ2n) is 5.48. The van der Waals surface area contributed by atoms with E-state index < -0.39 is 0 Å². The van der Waals surface area contributed by atoms with Crippen LogP contribution in [0.1, 0.15) is 36.8 Å². The van der Waals surface area contributed by atoms with Crippen molar-refractivity contribution in [2.24, 2.45) is 5.73 Å². The molecule has 2 rings (SSSR count). The molecule has 22 heavy (non-hydrogen) atoms. The molecule has 2 nitrogen and oxygen atoms in total. The summed E-state index contributed by atoms with van der Waals surface area (Å²) in [6, 6.07) is 14.9. The second kappa shape index (κ2) is 8.54. The van der Waals surface area contributed by atoms with Crippen molar-refractivity contribution >= 4 is 0 Å². The van der Waals surface area contributed by atoms with E-state index in [2.05, 4.69) is 19.1 Å². The molecule has 0 fully saturated rings. The van der Waals surface area contributed by atoms with Crippen molar-refractivity contribution in [3.63, 3.8) is 0 Å². The van der Waals surface area contributed by atoms with Crippen molar-refractivity contribution in [1.29, 1.82) is 0 Å². The third kappa shape index (κ3) is 4.85. The van der Waals surface area contributed by atoms with E-state index in [1.54, 1.807) is 12.1 Å². The molecule has 0 amide bonds. The first-order valence-corrected chi connectivity index (χ1v) is 7.90. The van der Waals surface area contributed by atoms with Gasteiger partial charge in [0.15, 0.2) is 0 Å². The van der Waals surface area contributed by atoms with Crippen LogP contribution in [0.2, 0.25) is 0 Å². The highest BCUT2D eigenvalue weighted by atomic mass is 19.1. The van der Waals surface area contributed by atoms with Gasteiger partial charge in [-0.3, -0.25) is 0 Å². The van der Waals surface area contributed by atoms with Gasteiger partial charge in [-0.25, -0.2) is 4.39 Å². The largest absolute Gasteiger partial charge is 0.494 e. The molecule has 2 aromatic rings. The highest BCUT2D eigenvalue weighted by molar-refractivity contribution is 5.27. The van der Waals surface area contributed by atoms with E-state index in [0.717, 1.165) is 30.6 Å². The number of aryl methyl sites for hydroxylation is 1. The third-order valence-corrected chi connectivity index (χ3v) is 3.90. The van der Waals surface area contributed by atoms with E-state index in [9.17, 15) is 4.39 Å². The number of halogens is 1. The van der Waals surface area contributed by atoms with Gasteiger partial charge in [-0.15, -0.1) is 0 Å². The van der Waals surface area contributed by atoms with Gasteiger partial charge < -0.3 is 10.5 Å².